The maximum atomic E-state index is 15.0. The number of nitrogens with zero attached hydrogens (tertiary/aromatic N) is 2. The quantitative estimate of drug-likeness (QED) is 0.300. The van der Waals surface area contributed by atoms with Gasteiger partial charge in [-0.05, 0) is 61.1 Å². The van der Waals surface area contributed by atoms with Crippen LogP contribution in [0.3, 0.4) is 0 Å². The molecule has 9 nitrogen and oxygen atoms in total. The summed E-state index contributed by atoms with van der Waals surface area (Å²) < 4.78 is 5.33. The van der Waals surface area contributed by atoms with Gasteiger partial charge >= 0.3 is 0 Å². The van der Waals surface area contributed by atoms with Crippen molar-refractivity contribution in [1.29, 1.82) is 0 Å². The minimum absolute atomic E-state index is 0.00199. The molecule has 2 N–H and O–H groups in total. The van der Waals surface area contributed by atoms with Crippen LogP contribution >= 0.6 is 0 Å². The van der Waals surface area contributed by atoms with Crippen LogP contribution in [-0.2, 0) is 24.6 Å². The van der Waals surface area contributed by atoms with Gasteiger partial charge in [0.1, 0.15) is 0 Å². The number of aromatic hydroxyl groups is 1. The van der Waals surface area contributed by atoms with Gasteiger partial charge in [-0.25, -0.2) is 0 Å². The van der Waals surface area contributed by atoms with E-state index in [0.29, 0.717) is 23.4 Å². The number of hydrogen-bond donors (Lipinski definition) is 2. The van der Waals surface area contributed by atoms with E-state index in [4.69, 9.17) is 4.74 Å². The molecule has 2 heterocycles. The Labute approximate surface area is 267 Å². The number of carbonyl (C=O) groups excluding carboxylic acids is 4. The van der Waals surface area contributed by atoms with E-state index in [2.05, 4.69) is 5.43 Å². The molecule has 2 saturated heterocycles. The number of anilines is 1. The van der Waals surface area contributed by atoms with Crippen molar-refractivity contribution in [2.45, 2.75) is 25.2 Å². The van der Waals surface area contributed by atoms with Crippen LogP contribution in [0.25, 0.3) is 6.08 Å². The Morgan fingerprint density at radius 1 is 0.935 bits per heavy atom. The van der Waals surface area contributed by atoms with E-state index in [1.807, 2.05) is 79.7 Å². The van der Waals surface area contributed by atoms with Crippen LogP contribution in [-0.4, -0.2) is 52.8 Å². The normalized spacial score (nSPS) is 28.7. The maximum Gasteiger partial charge on any atom is 0.260 e. The molecule has 234 valence electrons. The lowest BCUT2D eigenvalue weighted by Crippen LogP contribution is -2.54. The van der Waals surface area contributed by atoms with Crippen molar-refractivity contribution in [3.8, 4) is 11.5 Å². The number of methoxy groups -OCH3 is 1. The van der Waals surface area contributed by atoms with Crippen molar-refractivity contribution < 1.29 is 29.0 Å². The molecule has 2 aliphatic heterocycles. The third-order valence-electron chi connectivity index (χ3n) is 10.4. The molecule has 7 rings (SSSR count). The van der Waals surface area contributed by atoms with Crippen LogP contribution in [0.5, 0.6) is 11.5 Å². The van der Waals surface area contributed by atoms with Crippen LogP contribution in [0.15, 0.2) is 90.5 Å². The van der Waals surface area contributed by atoms with Crippen molar-refractivity contribution in [3.63, 3.8) is 0 Å². The van der Waals surface area contributed by atoms with Crippen molar-refractivity contribution in [1.82, 2.24) is 9.91 Å². The summed E-state index contributed by atoms with van der Waals surface area (Å²) in [6, 6.07) is 21.8. The summed E-state index contributed by atoms with van der Waals surface area (Å²) in [6.45, 7) is 1.96. The number of hydrogen-bond acceptors (Lipinski definition) is 7. The summed E-state index contributed by atoms with van der Waals surface area (Å²) in [5.74, 6) is -3.80. The summed E-state index contributed by atoms with van der Waals surface area (Å²) in [7, 11) is 2.99. The average molecular weight is 618 g/mol. The molecule has 0 spiro atoms. The summed E-state index contributed by atoms with van der Waals surface area (Å²) >= 11 is 0. The fourth-order valence-corrected chi connectivity index (χ4v) is 8.16. The molecule has 3 aromatic carbocycles. The van der Waals surface area contributed by atoms with Crippen molar-refractivity contribution >= 4 is 35.4 Å². The Kier molecular flexibility index (Phi) is 7.07. The van der Waals surface area contributed by atoms with Gasteiger partial charge in [-0.3, -0.25) is 29.5 Å². The van der Waals surface area contributed by atoms with Gasteiger partial charge in [-0.2, -0.15) is 5.01 Å². The molecule has 0 unspecified atom stereocenters. The zero-order valence-electron chi connectivity index (χ0n) is 25.8. The molecular formula is C37H35N3O6. The molecule has 9 heteroatoms. The average Bonchev–Trinajstić information content (AvgIpc) is 3.42. The molecule has 0 bridgehead atoms. The summed E-state index contributed by atoms with van der Waals surface area (Å²) in [4.78, 5) is 57.4. The first kappa shape index (κ1) is 29.5. The highest BCUT2D eigenvalue weighted by Gasteiger charge is 2.69. The minimum atomic E-state index is -1.32. The Morgan fingerprint density at radius 3 is 2.39 bits per heavy atom. The highest BCUT2D eigenvalue weighted by atomic mass is 16.5. The lowest BCUT2D eigenvalue weighted by molar-refractivity contribution is -0.140. The molecule has 4 aliphatic rings. The lowest BCUT2D eigenvalue weighted by Gasteiger charge is -2.49. The van der Waals surface area contributed by atoms with E-state index in [0.717, 1.165) is 21.7 Å². The first-order chi connectivity index (χ1) is 22.2. The smallest absolute Gasteiger partial charge is 0.260 e. The Hall–Kier alpha value is -5.18. The van der Waals surface area contributed by atoms with Gasteiger partial charge in [0.25, 0.3) is 11.8 Å². The van der Waals surface area contributed by atoms with Crippen LogP contribution in [0.4, 0.5) is 5.69 Å². The Balaban J connectivity index is 1.42. The molecule has 0 radical (unpaired) electrons. The second-order valence-corrected chi connectivity index (χ2v) is 12.7. The van der Waals surface area contributed by atoms with Gasteiger partial charge in [0, 0.05) is 13.0 Å². The van der Waals surface area contributed by atoms with E-state index in [-0.39, 0.29) is 35.8 Å². The predicted octanol–water partition coefficient (Wildman–Crippen LogP) is 4.87. The predicted molar refractivity (Wildman–Crippen MR) is 171 cm³/mol. The fraction of sp³-hybridized carbons (Fsp3) is 0.297. The lowest BCUT2D eigenvalue weighted by atomic mass is 9.50. The second kappa shape index (κ2) is 11.0. The molecule has 0 aromatic heterocycles. The minimum Gasteiger partial charge on any atom is -0.504 e. The number of phenols is 1. The number of phenolic OH excluding ortho intramolecular Hbond substituents is 1. The molecule has 46 heavy (non-hydrogen) atoms. The number of nitrogens with one attached hydrogen (secondary N) is 1. The molecular weight excluding hydrogens is 582 g/mol. The third-order valence-corrected chi connectivity index (χ3v) is 10.4. The number of amides is 4. The molecule has 6 atom stereocenters. The number of ether oxygens (including phenoxy) is 1. The summed E-state index contributed by atoms with van der Waals surface area (Å²) in [5, 5.41) is 11.3. The van der Waals surface area contributed by atoms with Gasteiger partial charge in [-0.1, -0.05) is 77.9 Å². The number of carbonyl (C=O) groups is 4. The van der Waals surface area contributed by atoms with E-state index in [1.165, 1.54) is 19.1 Å². The van der Waals surface area contributed by atoms with Crippen LogP contribution in [0, 0.1) is 36.5 Å². The van der Waals surface area contributed by atoms with Gasteiger partial charge in [-0.15, -0.1) is 0 Å². The number of fused-ring (bicyclic) bond motifs is 4. The number of aryl methyl sites for hydroxylation is 1. The number of rotatable bonds is 6. The number of allylic oxidation sites excluding steroid dienone is 3. The highest BCUT2D eigenvalue weighted by Crippen LogP contribution is 2.61. The number of likely N-dealkylation sites (tertiary alicyclic amines) is 1. The van der Waals surface area contributed by atoms with Crippen LogP contribution < -0.4 is 10.2 Å². The number of hydrazine groups is 1. The van der Waals surface area contributed by atoms with Gasteiger partial charge in [0.05, 0.1) is 36.0 Å². The van der Waals surface area contributed by atoms with Crippen molar-refractivity contribution in [3.05, 3.63) is 107 Å². The Bertz CT molecular complexity index is 1820. The highest BCUT2D eigenvalue weighted by molar-refractivity contribution is 6.13. The van der Waals surface area contributed by atoms with Crippen molar-refractivity contribution in [2.75, 3.05) is 19.6 Å². The largest absolute Gasteiger partial charge is 0.504 e. The van der Waals surface area contributed by atoms with E-state index in [9.17, 15) is 24.3 Å². The standard InChI is InChI=1S/C37H35N3O6/c1-21-9-13-24(14-10-21)38-40-34(43)29-20-27-25(15-16-26-32(27)35(44)39(2)33(26)42)28(17-11-22-12-18-30(41)31(19-22)46-3)37(29,36(40)45)23-7-5-4-6-8-23/h4-15,17-19,26-29,32,38,41H,16,20H2,1-3H3/t26-,27+,28-,29-,32-,37-/m0/s1. The molecule has 1 saturated carbocycles. The van der Waals surface area contributed by atoms with Crippen molar-refractivity contribution in [2.24, 2.45) is 29.6 Å². The van der Waals surface area contributed by atoms with Crippen LogP contribution in [0.1, 0.15) is 29.5 Å². The van der Waals surface area contributed by atoms with Gasteiger partial charge in [0.2, 0.25) is 11.8 Å². The summed E-state index contributed by atoms with van der Waals surface area (Å²) in [6.07, 6.45) is 6.47. The maximum absolute atomic E-state index is 15.0. The van der Waals surface area contributed by atoms with E-state index >= 15 is 0 Å². The van der Waals surface area contributed by atoms with Crippen LogP contribution in [0.2, 0.25) is 0 Å². The molecule has 3 fully saturated rings. The first-order valence-corrected chi connectivity index (χ1v) is 15.5. The topological polar surface area (TPSA) is 116 Å². The Morgan fingerprint density at radius 2 is 1.67 bits per heavy atom. The van der Waals surface area contributed by atoms with E-state index < -0.39 is 35.0 Å². The van der Waals surface area contributed by atoms with Gasteiger partial charge in [0.15, 0.2) is 11.5 Å². The fourth-order valence-electron chi connectivity index (χ4n) is 8.16. The molecule has 4 amide bonds. The molecule has 2 aliphatic carbocycles. The monoisotopic (exact) mass is 617 g/mol. The van der Waals surface area contributed by atoms with Gasteiger partial charge < -0.3 is 9.84 Å². The van der Waals surface area contributed by atoms with E-state index in [1.54, 1.807) is 18.2 Å². The number of imide groups is 2. The summed E-state index contributed by atoms with van der Waals surface area (Å²) in [5.41, 5.74) is 5.75. The first-order valence-electron chi connectivity index (χ1n) is 15.5. The number of benzene rings is 3. The zero-order valence-corrected chi connectivity index (χ0v) is 25.8. The SMILES string of the molecule is COc1cc(C=C[C@H]2C3=CC[C@@H]4C(=O)N(C)C(=O)[C@@H]4[C@@H]3C[C@H]3C(=O)N(Nc4ccc(C)cc4)C(=O)[C@@]23c2ccccc2)ccc1O. The second-order valence-electron chi connectivity index (χ2n) is 12.7. The third kappa shape index (κ3) is 4.29. The zero-order chi connectivity index (χ0) is 32.3. The molecule has 3 aromatic rings.